The highest BCUT2D eigenvalue weighted by atomic mass is 32.2. The van der Waals surface area contributed by atoms with Gasteiger partial charge in [0.05, 0.1) is 0 Å². The summed E-state index contributed by atoms with van der Waals surface area (Å²) in [7, 11) is -5.84. The summed E-state index contributed by atoms with van der Waals surface area (Å²) in [5.41, 5.74) is -5.53. The van der Waals surface area contributed by atoms with Crippen molar-refractivity contribution in [1.29, 1.82) is 0 Å². The third kappa shape index (κ3) is 16.6. The van der Waals surface area contributed by atoms with E-state index in [1.165, 1.54) is 44.9 Å². The Morgan fingerprint density at radius 2 is 1.34 bits per heavy atom. The number of urea groups is 1. The lowest BCUT2D eigenvalue weighted by atomic mass is 9.98. The van der Waals surface area contributed by atoms with Crippen LogP contribution >= 0.6 is 0 Å². The molecule has 0 bridgehead atoms. The molecule has 0 aromatic heterocycles. The van der Waals surface area contributed by atoms with Gasteiger partial charge in [0.25, 0.3) is 0 Å². The first-order valence-electron chi connectivity index (χ1n) is 11.9. The molecule has 2 unspecified atom stereocenters. The van der Waals surface area contributed by atoms with Crippen LogP contribution in [0.25, 0.3) is 0 Å². The molecule has 0 aliphatic heterocycles. The lowest BCUT2D eigenvalue weighted by Gasteiger charge is -2.28. The van der Waals surface area contributed by atoms with Crippen molar-refractivity contribution in [1.82, 2.24) is 10.2 Å². The summed E-state index contributed by atoms with van der Waals surface area (Å²) in [6.07, 6.45) is 12.1. The summed E-state index contributed by atoms with van der Waals surface area (Å²) in [4.78, 5) is 14.8. The number of alkyl halides is 3. The lowest BCUT2D eigenvalue weighted by Crippen LogP contribution is -2.44. The zero-order valence-electron chi connectivity index (χ0n) is 20.5. The van der Waals surface area contributed by atoms with Crippen LogP contribution in [-0.4, -0.2) is 49.0 Å². The van der Waals surface area contributed by atoms with Crippen molar-refractivity contribution < 1.29 is 30.9 Å². The minimum Gasteiger partial charge on any atom is -0.338 e. The van der Waals surface area contributed by atoms with E-state index in [-0.39, 0.29) is 6.03 Å². The molecule has 0 saturated carbocycles. The van der Waals surface area contributed by atoms with E-state index < -0.39 is 15.6 Å². The van der Waals surface area contributed by atoms with Crippen molar-refractivity contribution >= 4 is 16.1 Å². The fraction of sp³-hybridized carbons (Fsp3) is 0.955. The molecule has 2 atom stereocenters. The van der Waals surface area contributed by atoms with Crippen LogP contribution in [0.2, 0.25) is 0 Å². The van der Waals surface area contributed by atoms with Crippen LogP contribution in [0.1, 0.15) is 98.8 Å². The number of hydrogen-bond acceptors (Lipinski definition) is 3. The second-order valence-electron chi connectivity index (χ2n) is 8.24. The second-order valence-corrected chi connectivity index (χ2v) is 9.65. The average Bonchev–Trinajstić information content (AvgIpc) is 2.72. The van der Waals surface area contributed by atoms with Crippen molar-refractivity contribution in [2.24, 2.45) is 11.8 Å². The minimum atomic E-state index is -5.84. The molecule has 10 heteroatoms. The van der Waals surface area contributed by atoms with Gasteiger partial charge in [-0.05, 0) is 31.1 Å². The van der Waals surface area contributed by atoms with Gasteiger partial charge in [-0.2, -0.15) is 21.6 Å². The average molecular weight is 491 g/mol. The van der Waals surface area contributed by atoms with Crippen LogP contribution in [0, 0.1) is 11.8 Å². The molecule has 6 nitrogen and oxygen atoms in total. The summed E-state index contributed by atoms with van der Waals surface area (Å²) in [6.45, 7) is 13.8. The highest BCUT2D eigenvalue weighted by Crippen LogP contribution is 2.20. The third-order valence-corrected chi connectivity index (χ3v) is 6.05. The molecule has 32 heavy (non-hydrogen) atoms. The Kier molecular flexibility index (Phi) is 19.1. The van der Waals surface area contributed by atoms with E-state index in [0.29, 0.717) is 11.8 Å². The number of hydrogen-bond donors (Lipinski definition) is 2. The largest absolute Gasteiger partial charge is 0.522 e. The summed E-state index contributed by atoms with van der Waals surface area (Å²) in [6, 6.07) is 0.161. The predicted molar refractivity (Wildman–Crippen MR) is 124 cm³/mol. The SMILES string of the molecule is CCCCC(CC)CNC(=O)N(CCCC)CC(CC)CCCC.O=S(=O)(O)C(F)(F)F. The van der Waals surface area contributed by atoms with Gasteiger partial charge in [0, 0.05) is 19.6 Å². The molecular formula is C22H45F3N2O4S. The summed E-state index contributed by atoms with van der Waals surface area (Å²) >= 11 is 0. The number of amides is 2. The number of nitrogens with one attached hydrogen (secondary N) is 1. The molecule has 0 heterocycles. The summed E-state index contributed by atoms with van der Waals surface area (Å²) < 4.78 is 57.5. The Balaban J connectivity index is 0. The first-order chi connectivity index (χ1) is 14.9. The number of carbonyl (C=O) groups excluding carboxylic acids is 1. The molecule has 2 amide bonds. The number of nitrogens with zero attached hydrogens (tertiary/aromatic N) is 1. The second kappa shape index (κ2) is 18.4. The summed E-state index contributed by atoms with van der Waals surface area (Å²) in [5, 5.41) is 3.22. The van der Waals surface area contributed by atoms with E-state index in [0.717, 1.165) is 38.9 Å². The van der Waals surface area contributed by atoms with Crippen molar-refractivity contribution in [3.05, 3.63) is 0 Å². The van der Waals surface area contributed by atoms with Crippen LogP contribution in [-0.2, 0) is 10.1 Å². The normalized spacial score (nSPS) is 13.7. The lowest BCUT2D eigenvalue weighted by molar-refractivity contribution is -0.0510. The Labute approximate surface area is 193 Å². The highest BCUT2D eigenvalue weighted by molar-refractivity contribution is 7.86. The fourth-order valence-electron chi connectivity index (χ4n) is 3.14. The molecule has 0 saturated heterocycles. The highest BCUT2D eigenvalue weighted by Gasteiger charge is 2.44. The molecule has 0 spiro atoms. The Bertz CT molecular complexity index is 572. The zero-order valence-corrected chi connectivity index (χ0v) is 21.3. The number of halogens is 3. The smallest absolute Gasteiger partial charge is 0.338 e. The molecule has 0 aliphatic carbocycles. The molecule has 194 valence electrons. The topological polar surface area (TPSA) is 86.7 Å². The van der Waals surface area contributed by atoms with Crippen LogP contribution in [0.15, 0.2) is 0 Å². The van der Waals surface area contributed by atoms with Gasteiger partial charge in [0.2, 0.25) is 0 Å². The maximum atomic E-state index is 12.7. The third-order valence-electron chi connectivity index (χ3n) is 5.47. The molecule has 0 radical (unpaired) electrons. The number of unbranched alkanes of at least 4 members (excludes halogenated alkanes) is 3. The van der Waals surface area contributed by atoms with Crippen LogP contribution in [0.5, 0.6) is 0 Å². The van der Waals surface area contributed by atoms with E-state index in [2.05, 4.69) is 44.8 Å². The van der Waals surface area contributed by atoms with E-state index in [4.69, 9.17) is 13.0 Å². The minimum absolute atomic E-state index is 0.161. The van der Waals surface area contributed by atoms with Gasteiger partial charge in [-0.3, -0.25) is 4.55 Å². The maximum Gasteiger partial charge on any atom is 0.522 e. The zero-order chi connectivity index (χ0) is 25.2. The quantitative estimate of drug-likeness (QED) is 0.199. The van der Waals surface area contributed by atoms with E-state index >= 15 is 0 Å². The molecule has 0 aromatic carbocycles. The van der Waals surface area contributed by atoms with Crippen molar-refractivity contribution in [2.75, 3.05) is 19.6 Å². The van der Waals surface area contributed by atoms with Gasteiger partial charge in [-0.15, -0.1) is 0 Å². The van der Waals surface area contributed by atoms with Crippen LogP contribution in [0.3, 0.4) is 0 Å². The number of rotatable bonds is 15. The van der Waals surface area contributed by atoms with Gasteiger partial charge in [0.15, 0.2) is 0 Å². The van der Waals surface area contributed by atoms with Gasteiger partial charge in [-0.25, -0.2) is 4.79 Å². The first kappa shape index (κ1) is 33.1. The Hall–Kier alpha value is -1.03. The molecule has 0 aromatic rings. The van der Waals surface area contributed by atoms with Crippen LogP contribution in [0.4, 0.5) is 18.0 Å². The number of carbonyl (C=O) groups is 1. The van der Waals surface area contributed by atoms with Gasteiger partial charge >= 0.3 is 21.7 Å². The van der Waals surface area contributed by atoms with Crippen molar-refractivity contribution in [3.8, 4) is 0 Å². The molecule has 2 N–H and O–H groups in total. The molecule has 0 aliphatic rings. The van der Waals surface area contributed by atoms with E-state index in [1.807, 2.05) is 0 Å². The van der Waals surface area contributed by atoms with E-state index in [9.17, 15) is 18.0 Å². The van der Waals surface area contributed by atoms with Gasteiger partial charge in [0.1, 0.15) is 0 Å². The molecular weight excluding hydrogens is 445 g/mol. The predicted octanol–water partition coefficient (Wildman–Crippen LogP) is 6.62. The Morgan fingerprint density at radius 1 is 0.906 bits per heavy atom. The summed E-state index contributed by atoms with van der Waals surface area (Å²) in [5.74, 6) is 1.28. The van der Waals surface area contributed by atoms with Crippen molar-refractivity contribution in [2.45, 2.75) is 104 Å². The van der Waals surface area contributed by atoms with Gasteiger partial charge < -0.3 is 10.2 Å². The fourth-order valence-corrected chi connectivity index (χ4v) is 3.14. The Morgan fingerprint density at radius 3 is 1.72 bits per heavy atom. The standard InChI is InChI=1S/C21H44N2O.CHF3O3S/c1-6-11-14-19(9-4)17-22-21(24)23(16-13-8-3)18-20(10-5)15-12-7-2;2-1(3,4)8(5,6)7/h19-20H,6-18H2,1-5H3,(H,22,24);(H,5,6,7). The van der Waals surface area contributed by atoms with E-state index in [1.54, 1.807) is 0 Å². The first-order valence-corrected chi connectivity index (χ1v) is 13.4. The van der Waals surface area contributed by atoms with Gasteiger partial charge in [-0.1, -0.05) is 79.6 Å². The van der Waals surface area contributed by atoms with Crippen LogP contribution < -0.4 is 5.32 Å². The molecule has 0 rings (SSSR count). The van der Waals surface area contributed by atoms with Crippen molar-refractivity contribution in [3.63, 3.8) is 0 Å². The monoisotopic (exact) mass is 490 g/mol. The molecule has 0 fully saturated rings. The maximum absolute atomic E-state index is 12.7.